The summed E-state index contributed by atoms with van der Waals surface area (Å²) in [6.07, 6.45) is -3.44. The number of nitrogens with one attached hydrogen (secondary N) is 1. The number of aliphatic hydroxyl groups is 3. The molecule has 1 fully saturated rings. The zero-order chi connectivity index (χ0) is 15.4. The van der Waals surface area contributed by atoms with E-state index in [-0.39, 0.29) is 5.91 Å². The van der Waals surface area contributed by atoms with Crippen molar-refractivity contribution < 1.29 is 24.9 Å². The van der Waals surface area contributed by atoms with Crippen molar-refractivity contribution in [3.8, 4) is 0 Å². The van der Waals surface area contributed by atoms with E-state index in [2.05, 4.69) is 5.32 Å². The summed E-state index contributed by atoms with van der Waals surface area (Å²) in [5, 5.41) is 31.6. The maximum Gasteiger partial charge on any atom is 0.217 e. The lowest BCUT2D eigenvalue weighted by Crippen LogP contribution is -2.63. The third-order valence-corrected chi connectivity index (χ3v) is 4.69. The molecular formula is C11H20N2O5S2. The Bertz CT molecular complexity index is 369. The van der Waals surface area contributed by atoms with Gasteiger partial charge < -0.3 is 30.3 Å². The van der Waals surface area contributed by atoms with Gasteiger partial charge >= 0.3 is 0 Å². The minimum atomic E-state index is -1.28. The second-order valence-electron chi connectivity index (χ2n) is 4.71. The van der Waals surface area contributed by atoms with Crippen LogP contribution in [0.2, 0.25) is 0 Å². The molecule has 0 saturated carbocycles. The Balaban J connectivity index is 2.88. The maximum atomic E-state index is 11.2. The number of hydrogen-bond donors (Lipinski definition) is 4. The number of hydrogen-bond acceptors (Lipinski definition) is 7. The highest BCUT2D eigenvalue weighted by Crippen LogP contribution is 2.29. The van der Waals surface area contributed by atoms with Crippen molar-refractivity contribution in [2.45, 2.75) is 36.7 Å². The van der Waals surface area contributed by atoms with Gasteiger partial charge in [0.1, 0.15) is 28.1 Å². The summed E-state index contributed by atoms with van der Waals surface area (Å²) in [6, 6.07) is -0.812. The van der Waals surface area contributed by atoms with Crippen molar-refractivity contribution in [3.05, 3.63) is 0 Å². The zero-order valence-electron chi connectivity index (χ0n) is 11.5. The van der Waals surface area contributed by atoms with Crippen molar-refractivity contribution in [3.63, 3.8) is 0 Å². The fourth-order valence-corrected chi connectivity index (χ4v) is 3.04. The Morgan fingerprint density at radius 2 is 2.00 bits per heavy atom. The molecule has 1 heterocycles. The van der Waals surface area contributed by atoms with Gasteiger partial charge in [-0.1, -0.05) is 24.0 Å². The average Bonchev–Trinajstić information content (AvgIpc) is 2.37. The molecule has 0 bridgehead atoms. The van der Waals surface area contributed by atoms with E-state index in [0.29, 0.717) is 4.32 Å². The molecule has 1 amide bonds. The van der Waals surface area contributed by atoms with E-state index in [1.807, 2.05) is 0 Å². The molecule has 4 N–H and O–H groups in total. The molecule has 1 rings (SSSR count). The Hall–Kier alpha value is -0.450. The van der Waals surface area contributed by atoms with Crippen LogP contribution in [0.25, 0.3) is 0 Å². The average molecular weight is 324 g/mol. The topological polar surface area (TPSA) is 102 Å². The molecule has 0 aromatic carbocycles. The molecule has 20 heavy (non-hydrogen) atoms. The predicted octanol–water partition coefficient (Wildman–Crippen LogP) is -1.49. The van der Waals surface area contributed by atoms with Gasteiger partial charge in [-0.15, -0.1) is 0 Å². The highest BCUT2D eigenvalue weighted by Gasteiger charge is 2.45. The number of ether oxygens (including phenoxy) is 1. The number of carbonyl (C=O) groups is 1. The van der Waals surface area contributed by atoms with E-state index in [9.17, 15) is 20.1 Å². The third-order valence-electron chi connectivity index (χ3n) is 2.83. The number of rotatable bonds is 3. The van der Waals surface area contributed by atoms with Gasteiger partial charge in [0.25, 0.3) is 0 Å². The lowest BCUT2D eigenvalue weighted by molar-refractivity contribution is -0.173. The first-order valence-corrected chi connectivity index (χ1v) is 7.34. The molecule has 9 heteroatoms. The van der Waals surface area contributed by atoms with Crippen molar-refractivity contribution in [2.75, 3.05) is 20.7 Å². The van der Waals surface area contributed by atoms with Crippen molar-refractivity contribution in [1.82, 2.24) is 10.2 Å². The number of nitrogens with zero attached hydrogens (tertiary/aromatic N) is 1. The van der Waals surface area contributed by atoms with E-state index in [1.54, 1.807) is 19.0 Å². The molecule has 116 valence electrons. The molecule has 0 aliphatic carbocycles. The molecule has 1 saturated heterocycles. The van der Waals surface area contributed by atoms with Crippen LogP contribution in [0.5, 0.6) is 0 Å². The van der Waals surface area contributed by atoms with Crippen molar-refractivity contribution in [2.24, 2.45) is 0 Å². The Morgan fingerprint density at radius 3 is 2.45 bits per heavy atom. The Morgan fingerprint density at radius 1 is 1.40 bits per heavy atom. The lowest BCUT2D eigenvalue weighted by atomic mass is 9.98. The molecule has 7 nitrogen and oxygen atoms in total. The largest absolute Gasteiger partial charge is 0.394 e. The summed E-state index contributed by atoms with van der Waals surface area (Å²) in [7, 11) is 3.53. The molecule has 0 aromatic rings. The fraction of sp³-hybridized carbons (Fsp3) is 0.818. The minimum absolute atomic E-state index is 0.353. The lowest BCUT2D eigenvalue weighted by Gasteiger charge is -2.42. The summed E-state index contributed by atoms with van der Waals surface area (Å²) in [6.45, 7) is 0.875. The van der Waals surface area contributed by atoms with Crippen LogP contribution in [0.3, 0.4) is 0 Å². The van der Waals surface area contributed by atoms with E-state index < -0.39 is 36.4 Å². The van der Waals surface area contributed by atoms with Gasteiger partial charge in [0.2, 0.25) is 5.91 Å². The third kappa shape index (κ3) is 4.27. The van der Waals surface area contributed by atoms with Crippen LogP contribution >= 0.6 is 24.0 Å². The van der Waals surface area contributed by atoms with Gasteiger partial charge in [0.05, 0.1) is 12.6 Å². The highest BCUT2D eigenvalue weighted by molar-refractivity contribution is 8.23. The van der Waals surface area contributed by atoms with Gasteiger partial charge in [0.15, 0.2) is 0 Å². The number of aliphatic hydroxyl groups excluding tert-OH is 3. The van der Waals surface area contributed by atoms with Crippen LogP contribution in [0.15, 0.2) is 0 Å². The molecule has 1 aliphatic rings. The highest BCUT2D eigenvalue weighted by atomic mass is 32.2. The SMILES string of the molecule is CC(=O)NC1C(O)[C@H](O)C(CO)O[C@H]1SC(=S)N(C)C. The predicted molar refractivity (Wildman–Crippen MR) is 79.2 cm³/mol. The van der Waals surface area contributed by atoms with Crippen LogP contribution in [-0.4, -0.2) is 80.9 Å². The smallest absolute Gasteiger partial charge is 0.217 e. The first-order valence-electron chi connectivity index (χ1n) is 6.05. The van der Waals surface area contributed by atoms with Crippen LogP contribution in [-0.2, 0) is 9.53 Å². The summed E-state index contributed by atoms with van der Waals surface area (Å²) in [5.74, 6) is -0.353. The zero-order valence-corrected chi connectivity index (χ0v) is 13.1. The number of carbonyl (C=O) groups excluding carboxylic acids is 1. The van der Waals surface area contributed by atoms with Gasteiger partial charge in [-0.2, -0.15) is 0 Å². The van der Waals surface area contributed by atoms with E-state index in [0.717, 1.165) is 11.8 Å². The first kappa shape index (κ1) is 17.6. The number of amides is 1. The molecule has 1 aliphatic heterocycles. The molecule has 0 radical (unpaired) electrons. The minimum Gasteiger partial charge on any atom is -0.394 e. The standard InChI is InChI=1S/C11H20N2O5S2/c1-5(15)12-7-9(17)8(16)6(4-14)18-10(7)20-11(19)13(2)3/h6-10,14,16-17H,4H2,1-3H3,(H,12,15)/t6?,7?,8-,9?,10+/m1/s1. The summed E-state index contributed by atoms with van der Waals surface area (Å²) in [5.41, 5.74) is -0.690. The monoisotopic (exact) mass is 324 g/mol. The first-order chi connectivity index (χ1) is 9.27. The van der Waals surface area contributed by atoms with E-state index >= 15 is 0 Å². The second kappa shape index (κ2) is 7.53. The van der Waals surface area contributed by atoms with Crippen LogP contribution in [0.1, 0.15) is 6.92 Å². The summed E-state index contributed by atoms with van der Waals surface area (Å²) in [4.78, 5) is 12.9. The normalized spacial score (nSPS) is 33.6. The number of thioether (sulfide) groups is 1. The summed E-state index contributed by atoms with van der Waals surface area (Å²) >= 11 is 6.30. The van der Waals surface area contributed by atoms with E-state index in [4.69, 9.17) is 17.0 Å². The summed E-state index contributed by atoms with van der Waals surface area (Å²) < 4.78 is 6.03. The molecule has 5 atom stereocenters. The fourth-order valence-electron chi connectivity index (χ4n) is 1.78. The van der Waals surface area contributed by atoms with Crippen LogP contribution < -0.4 is 5.32 Å². The number of thiocarbonyl (C=S) groups is 1. The van der Waals surface area contributed by atoms with Gasteiger partial charge in [0, 0.05) is 21.0 Å². The molecule has 0 aromatic heterocycles. The van der Waals surface area contributed by atoms with E-state index in [1.165, 1.54) is 6.92 Å². The Kier molecular flexibility index (Phi) is 6.62. The van der Waals surface area contributed by atoms with Crippen LogP contribution in [0, 0.1) is 0 Å². The van der Waals surface area contributed by atoms with Gasteiger partial charge in [-0.3, -0.25) is 4.79 Å². The molecular weight excluding hydrogens is 304 g/mol. The van der Waals surface area contributed by atoms with Gasteiger partial charge in [-0.25, -0.2) is 0 Å². The second-order valence-corrected chi connectivity index (χ2v) is 6.44. The van der Waals surface area contributed by atoms with Gasteiger partial charge in [-0.05, 0) is 0 Å². The Labute approximate surface area is 127 Å². The van der Waals surface area contributed by atoms with Crippen molar-refractivity contribution >= 4 is 34.2 Å². The molecule has 0 spiro atoms. The maximum absolute atomic E-state index is 11.2. The quantitative estimate of drug-likeness (QED) is 0.466. The van der Waals surface area contributed by atoms with Crippen LogP contribution in [0.4, 0.5) is 0 Å². The molecule has 3 unspecified atom stereocenters. The van der Waals surface area contributed by atoms with Crippen molar-refractivity contribution in [1.29, 1.82) is 0 Å².